The standard InChI is InChI=1S/C17H21N4O13P3S/c1-17(23)14(22)10(6-31-36(27,28)34-37(29,30)33-35(24,25)26)32-16(17)21-5-8-2-3-11-12-9(13(8)20-21)4-18-15(12)19-7-38-11/h2-5,10,14,16,22-23H,6-7H2,1H3,(H,18,19)(H,27,28)(H,29,30)(H2,24,25,26)/t10-,14-,16-,17-/m1/s1. The van der Waals surface area contributed by atoms with Gasteiger partial charge in [-0.1, -0.05) is 6.07 Å². The molecule has 3 aliphatic heterocycles. The topological polar surface area (TPSA) is 252 Å². The van der Waals surface area contributed by atoms with E-state index in [0.717, 1.165) is 16.0 Å². The number of rotatable bonds is 8. The highest BCUT2D eigenvalue weighted by atomic mass is 32.2. The fraction of sp³-hybridized carbons (Fsp3) is 0.412. The largest absolute Gasteiger partial charge is 0.490 e. The van der Waals surface area contributed by atoms with Crippen LogP contribution in [0.1, 0.15) is 13.2 Å². The molecule has 4 aliphatic rings. The van der Waals surface area contributed by atoms with Crippen LogP contribution in [0.25, 0.3) is 22.0 Å². The van der Waals surface area contributed by atoms with Crippen molar-refractivity contribution < 1.29 is 61.4 Å². The van der Waals surface area contributed by atoms with Crippen LogP contribution in [0.2, 0.25) is 0 Å². The average molecular weight is 614 g/mol. The van der Waals surface area contributed by atoms with Crippen LogP contribution in [0.3, 0.4) is 0 Å². The minimum absolute atomic E-state index is 0.542. The first-order valence-corrected chi connectivity index (χ1v) is 16.1. The van der Waals surface area contributed by atoms with Crippen LogP contribution in [0, 0.1) is 0 Å². The lowest BCUT2D eigenvalue weighted by Crippen LogP contribution is -2.44. The number of phosphoric ester groups is 1. The fourth-order valence-electron chi connectivity index (χ4n) is 4.19. The molecule has 7 N–H and O–H groups in total. The number of ether oxygens (including phenoxy) is 1. The number of nitrogens with zero attached hydrogens (tertiary/aromatic N) is 3. The van der Waals surface area contributed by atoms with E-state index < -0.39 is 54.1 Å². The van der Waals surface area contributed by atoms with Gasteiger partial charge in [0.1, 0.15) is 29.1 Å². The fourth-order valence-corrected chi connectivity index (χ4v) is 8.10. The third-order valence-corrected chi connectivity index (χ3v) is 10.5. The third-order valence-electron chi connectivity index (χ3n) is 5.78. The van der Waals surface area contributed by atoms with Crippen molar-refractivity contribution in [2.75, 3.05) is 17.8 Å². The molecule has 38 heavy (non-hydrogen) atoms. The normalized spacial score (nSPS) is 28.8. The molecule has 0 aromatic carbocycles. The lowest BCUT2D eigenvalue weighted by Gasteiger charge is -2.26. The predicted molar refractivity (Wildman–Crippen MR) is 129 cm³/mol. The van der Waals surface area contributed by atoms with E-state index in [1.54, 1.807) is 24.2 Å². The number of phosphoric acid groups is 3. The van der Waals surface area contributed by atoms with Crippen LogP contribution in [-0.2, 0) is 31.6 Å². The van der Waals surface area contributed by atoms with E-state index in [9.17, 15) is 33.7 Å². The molecule has 2 unspecified atom stereocenters. The van der Waals surface area contributed by atoms with Gasteiger partial charge in [-0.3, -0.25) is 4.52 Å². The maximum atomic E-state index is 12.0. The molecule has 0 radical (unpaired) electrons. The molecule has 17 nitrogen and oxygen atoms in total. The SMILES string of the molecule is C[C@@]1(O)[C@H](O)[C@@H](COP(=O)(O)OP(=O)(O)OP(=O)(O)O)O[C@H]1n1cc2ccc3c4c(ncc-4c2n1)NCS3. The summed E-state index contributed by atoms with van der Waals surface area (Å²) >= 11 is 1.61. The molecule has 1 aromatic heterocycles. The summed E-state index contributed by atoms with van der Waals surface area (Å²) in [4.78, 5) is 41.6. The highest BCUT2D eigenvalue weighted by molar-refractivity contribution is 7.99. The van der Waals surface area contributed by atoms with Gasteiger partial charge in [-0.25, -0.2) is 23.4 Å². The average Bonchev–Trinajstić information content (AvgIpc) is 3.41. The second kappa shape index (κ2) is 9.58. The summed E-state index contributed by atoms with van der Waals surface area (Å²) in [5.41, 5.74) is 0.182. The van der Waals surface area contributed by atoms with Crippen LogP contribution in [-0.4, -0.2) is 74.8 Å². The summed E-state index contributed by atoms with van der Waals surface area (Å²) in [6.45, 7) is 0.300. The minimum Gasteiger partial charge on any atom is -0.387 e. The molecule has 1 saturated heterocycles. The number of fused-ring (bicyclic) bond motifs is 2. The Morgan fingerprint density at radius 2 is 1.95 bits per heavy atom. The molecular formula is C17H21N4O13P3S. The maximum Gasteiger partial charge on any atom is 0.490 e. The summed E-state index contributed by atoms with van der Waals surface area (Å²) in [5.74, 6) is 1.38. The zero-order chi connectivity index (χ0) is 27.7. The van der Waals surface area contributed by atoms with Gasteiger partial charge in [-0.05, 0) is 13.0 Å². The molecule has 21 heteroatoms. The Morgan fingerprint density at radius 3 is 2.66 bits per heavy atom. The van der Waals surface area contributed by atoms with Crippen LogP contribution in [0.15, 0.2) is 29.4 Å². The third kappa shape index (κ3) is 5.44. The Bertz CT molecular complexity index is 1510. The smallest absolute Gasteiger partial charge is 0.387 e. The minimum atomic E-state index is -5.72. The molecule has 0 amide bonds. The van der Waals surface area contributed by atoms with Gasteiger partial charge in [0, 0.05) is 33.8 Å². The molecule has 6 atom stereocenters. The van der Waals surface area contributed by atoms with E-state index in [4.69, 9.17) is 14.5 Å². The summed E-state index contributed by atoms with van der Waals surface area (Å²) in [5, 5.41) is 30.1. The highest BCUT2D eigenvalue weighted by Gasteiger charge is 2.54. The summed E-state index contributed by atoms with van der Waals surface area (Å²) < 4.78 is 53.1. The quantitative estimate of drug-likeness (QED) is 0.177. The number of aliphatic hydroxyl groups excluding tert-OH is 1. The Labute approximate surface area is 217 Å². The van der Waals surface area contributed by atoms with Gasteiger partial charge < -0.3 is 39.8 Å². The number of hydrogen-bond acceptors (Lipinski definition) is 13. The van der Waals surface area contributed by atoms with Gasteiger partial charge >= 0.3 is 23.5 Å². The second-order valence-electron chi connectivity index (χ2n) is 8.56. The number of thioether (sulfide) groups is 1. The van der Waals surface area contributed by atoms with E-state index in [0.29, 0.717) is 22.6 Å². The molecule has 0 bridgehead atoms. The van der Waals surface area contributed by atoms with E-state index >= 15 is 0 Å². The molecule has 4 heterocycles. The number of aromatic nitrogens is 3. The molecule has 0 saturated carbocycles. The first kappa shape index (κ1) is 28.1. The van der Waals surface area contributed by atoms with Gasteiger partial charge in [0.25, 0.3) is 0 Å². The molecule has 1 fully saturated rings. The second-order valence-corrected chi connectivity index (χ2v) is 14.0. The van der Waals surface area contributed by atoms with Crippen LogP contribution in [0.4, 0.5) is 5.82 Å². The summed E-state index contributed by atoms with van der Waals surface area (Å²) in [7, 11) is -16.7. The van der Waals surface area contributed by atoms with E-state index in [-0.39, 0.29) is 0 Å². The zero-order valence-electron chi connectivity index (χ0n) is 19.1. The molecule has 1 aliphatic carbocycles. The van der Waals surface area contributed by atoms with E-state index in [2.05, 4.69) is 28.5 Å². The van der Waals surface area contributed by atoms with Crippen LogP contribution in [0.5, 0.6) is 0 Å². The van der Waals surface area contributed by atoms with Crippen molar-refractivity contribution in [3.05, 3.63) is 24.5 Å². The lowest BCUT2D eigenvalue weighted by atomic mass is 9.97. The van der Waals surface area contributed by atoms with Crippen molar-refractivity contribution in [1.29, 1.82) is 0 Å². The molecule has 208 valence electrons. The molecule has 5 rings (SSSR count). The zero-order valence-corrected chi connectivity index (χ0v) is 22.6. The van der Waals surface area contributed by atoms with Gasteiger partial charge in [0.05, 0.1) is 12.5 Å². The lowest BCUT2D eigenvalue weighted by molar-refractivity contribution is -0.102. The van der Waals surface area contributed by atoms with Crippen molar-refractivity contribution in [3.8, 4) is 11.1 Å². The highest BCUT2D eigenvalue weighted by Crippen LogP contribution is 2.66. The Hall–Kier alpha value is -1.46. The Morgan fingerprint density at radius 1 is 1.21 bits per heavy atom. The van der Waals surface area contributed by atoms with Gasteiger partial charge in [0.2, 0.25) is 0 Å². The Kier molecular flexibility index (Phi) is 7.08. The molecule has 0 spiro atoms. The molecule has 1 aromatic rings. The van der Waals surface area contributed by atoms with Crippen molar-refractivity contribution in [3.63, 3.8) is 0 Å². The first-order valence-electron chi connectivity index (χ1n) is 10.6. The van der Waals surface area contributed by atoms with Gasteiger partial charge in [0.15, 0.2) is 6.23 Å². The number of hydrogen-bond donors (Lipinski definition) is 7. The summed E-state index contributed by atoms with van der Waals surface area (Å²) in [6.07, 6.45) is -1.22. The number of aliphatic hydroxyl groups is 2. The van der Waals surface area contributed by atoms with Crippen LogP contribution < -0.4 is 5.32 Å². The van der Waals surface area contributed by atoms with Gasteiger partial charge in [-0.2, -0.15) is 13.7 Å². The van der Waals surface area contributed by atoms with Crippen molar-refractivity contribution >= 4 is 52.0 Å². The van der Waals surface area contributed by atoms with Crippen molar-refractivity contribution in [2.24, 2.45) is 0 Å². The molecular weight excluding hydrogens is 593 g/mol. The van der Waals surface area contributed by atoms with Crippen LogP contribution >= 0.6 is 35.2 Å². The van der Waals surface area contributed by atoms with Gasteiger partial charge in [-0.15, -0.1) is 11.8 Å². The number of nitrogens with one attached hydrogen (secondary N) is 1. The van der Waals surface area contributed by atoms with E-state index in [1.165, 1.54) is 11.6 Å². The van der Waals surface area contributed by atoms with Crippen molar-refractivity contribution in [1.82, 2.24) is 14.8 Å². The first-order chi connectivity index (χ1) is 17.6. The number of anilines is 1. The summed E-state index contributed by atoms with van der Waals surface area (Å²) in [6, 6.07) is 3.75. The van der Waals surface area contributed by atoms with E-state index in [1.807, 2.05) is 12.1 Å². The van der Waals surface area contributed by atoms with Crippen molar-refractivity contribution in [2.45, 2.75) is 35.9 Å². The predicted octanol–water partition coefficient (Wildman–Crippen LogP) is 1.36. The Balaban J connectivity index is 1.36. The maximum absolute atomic E-state index is 12.0. The monoisotopic (exact) mass is 614 g/mol.